The lowest BCUT2D eigenvalue weighted by atomic mass is 10.0. The van der Waals surface area contributed by atoms with E-state index in [4.69, 9.17) is 4.74 Å². The van der Waals surface area contributed by atoms with E-state index in [1.54, 1.807) is 6.92 Å². The van der Waals surface area contributed by atoms with Gasteiger partial charge in [-0.25, -0.2) is 8.42 Å². The molecule has 1 heterocycles. The summed E-state index contributed by atoms with van der Waals surface area (Å²) in [5.74, 6) is 0.385. The molecule has 2 aromatic carbocycles. The van der Waals surface area contributed by atoms with Crippen LogP contribution < -0.4 is 10.1 Å². The molecular formula is C17H18BrNO4S. The van der Waals surface area contributed by atoms with Gasteiger partial charge in [0.15, 0.2) is 16.4 Å². The van der Waals surface area contributed by atoms with Gasteiger partial charge in [0.25, 0.3) is 5.91 Å². The number of carbonyl (C=O) groups excluding carboxylic acids is 1. The number of sulfone groups is 1. The van der Waals surface area contributed by atoms with Gasteiger partial charge in [-0.15, -0.1) is 0 Å². The van der Waals surface area contributed by atoms with E-state index in [0.29, 0.717) is 12.2 Å². The highest BCUT2D eigenvalue weighted by Gasteiger charge is 2.39. The molecule has 128 valence electrons. The van der Waals surface area contributed by atoms with Gasteiger partial charge in [0.2, 0.25) is 0 Å². The smallest absolute Gasteiger partial charge is 0.258 e. The lowest BCUT2D eigenvalue weighted by Gasteiger charge is -2.23. The van der Waals surface area contributed by atoms with E-state index in [1.807, 2.05) is 36.4 Å². The average Bonchev–Trinajstić information content (AvgIpc) is 2.78. The van der Waals surface area contributed by atoms with Gasteiger partial charge in [0.05, 0.1) is 17.0 Å². The first-order valence-corrected chi connectivity index (χ1v) is 10.2. The third-order valence-corrected chi connectivity index (χ3v) is 6.48. The SMILES string of the molecule is CC1(NC(=O)COc2ccc3cc(Br)ccc3c2)CCS(=O)(=O)C1. The quantitative estimate of drug-likeness (QED) is 0.838. The van der Waals surface area contributed by atoms with Crippen LogP contribution in [0.15, 0.2) is 40.9 Å². The second kappa shape index (κ2) is 6.37. The molecule has 1 aliphatic rings. The van der Waals surface area contributed by atoms with Crippen LogP contribution >= 0.6 is 15.9 Å². The van der Waals surface area contributed by atoms with Gasteiger partial charge in [-0.3, -0.25) is 4.79 Å². The summed E-state index contributed by atoms with van der Waals surface area (Å²) in [4.78, 5) is 12.1. The lowest BCUT2D eigenvalue weighted by molar-refractivity contribution is -0.124. The Kier molecular flexibility index (Phi) is 4.57. The third-order valence-electron chi connectivity index (χ3n) is 4.09. The molecule has 7 heteroatoms. The summed E-state index contributed by atoms with van der Waals surface area (Å²) in [7, 11) is -3.05. The number of nitrogens with one attached hydrogen (secondary N) is 1. The maximum atomic E-state index is 12.1. The van der Waals surface area contributed by atoms with Crippen molar-refractivity contribution in [2.24, 2.45) is 0 Å². The first-order valence-electron chi connectivity index (χ1n) is 7.58. The first-order chi connectivity index (χ1) is 11.2. The van der Waals surface area contributed by atoms with Crippen LogP contribution in [-0.2, 0) is 14.6 Å². The van der Waals surface area contributed by atoms with E-state index in [1.165, 1.54) is 0 Å². The maximum absolute atomic E-state index is 12.1. The number of halogens is 1. The highest BCUT2D eigenvalue weighted by molar-refractivity contribution is 9.10. The zero-order chi connectivity index (χ0) is 17.4. The molecule has 0 spiro atoms. The van der Waals surface area contributed by atoms with Crippen LogP contribution in [0.3, 0.4) is 0 Å². The molecule has 0 aliphatic carbocycles. The molecule has 24 heavy (non-hydrogen) atoms. The lowest BCUT2D eigenvalue weighted by Crippen LogP contribution is -2.48. The van der Waals surface area contributed by atoms with E-state index in [9.17, 15) is 13.2 Å². The number of hydrogen-bond acceptors (Lipinski definition) is 4. The molecular weight excluding hydrogens is 394 g/mol. The van der Waals surface area contributed by atoms with E-state index >= 15 is 0 Å². The summed E-state index contributed by atoms with van der Waals surface area (Å²) < 4.78 is 29.7. The van der Waals surface area contributed by atoms with E-state index in [2.05, 4.69) is 21.2 Å². The fraction of sp³-hybridized carbons (Fsp3) is 0.353. The van der Waals surface area contributed by atoms with Gasteiger partial charge in [0.1, 0.15) is 5.75 Å². The Labute approximate surface area is 149 Å². The largest absolute Gasteiger partial charge is 0.484 e. The van der Waals surface area contributed by atoms with Crippen molar-refractivity contribution < 1.29 is 17.9 Å². The number of ether oxygens (including phenoxy) is 1. The van der Waals surface area contributed by atoms with Crippen LogP contribution in [0.4, 0.5) is 0 Å². The van der Waals surface area contributed by atoms with Crippen LogP contribution in [0.1, 0.15) is 13.3 Å². The van der Waals surface area contributed by atoms with Crippen LogP contribution in [0.25, 0.3) is 10.8 Å². The number of fused-ring (bicyclic) bond motifs is 1. The zero-order valence-corrected chi connectivity index (χ0v) is 15.6. The predicted molar refractivity (Wildman–Crippen MR) is 97.0 cm³/mol. The second-order valence-corrected chi connectivity index (χ2v) is 9.49. The summed E-state index contributed by atoms with van der Waals surface area (Å²) >= 11 is 3.43. The summed E-state index contributed by atoms with van der Waals surface area (Å²) in [6, 6.07) is 11.5. The minimum atomic E-state index is -3.05. The van der Waals surface area contributed by atoms with Crippen LogP contribution in [0.5, 0.6) is 5.75 Å². The van der Waals surface area contributed by atoms with E-state index in [0.717, 1.165) is 15.2 Å². The van der Waals surface area contributed by atoms with Crippen molar-refractivity contribution in [1.29, 1.82) is 0 Å². The Balaban J connectivity index is 1.61. The summed E-state index contributed by atoms with van der Waals surface area (Å²) in [5, 5.41) is 4.87. The topological polar surface area (TPSA) is 72.5 Å². The van der Waals surface area contributed by atoms with Crippen molar-refractivity contribution in [2.45, 2.75) is 18.9 Å². The van der Waals surface area contributed by atoms with Crippen molar-refractivity contribution in [3.8, 4) is 5.75 Å². The van der Waals surface area contributed by atoms with Gasteiger partial charge >= 0.3 is 0 Å². The average molecular weight is 412 g/mol. The molecule has 1 amide bonds. The molecule has 0 bridgehead atoms. The maximum Gasteiger partial charge on any atom is 0.258 e. The third kappa shape index (κ3) is 4.08. The number of hydrogen-bond donors (Lipinski definition) is 1. The number of rotatable bonds is 4. The van der Waals surface area contributed by atoms with Gasteiger partial charge < -0.3 is 10.1 Å². The Hall–Kier alpha value is -1.60. The van der Waals surface area contributed by atoms with Crippen LogP contribution in [0.2, 0.25) is 0 Å². The van der Waals surface area contributed by atoms with Gasteiger partial charge in [0, 0.05) is 4.47 Å². The first kappa shape index (κ1) is 17.2. The zero-order valence-electron chi connectivity index (χ0n) is 13.2. The standard InChI is InChI=1S/C17H18BrNO4S/c1-17(6-7-24(21,22)11-17)19-16(20)10-23-15-5-3-12-8-14(18)4-2-13(12)9-15/h2-5,8-9H,6-7,10-11H2,1H3,(H,19,20). The molecule has 5 nitrogen and oxygen atoms in total. The Morgan fingerprint density at radius 1 is 1.25 bits per heavy atom. The van der Waals surface area contributed by atoms with Gasteiger partial charge in [-0.2, -0.15) is 0 Å². The van der Waals surface area contributed by atoms with E-state index in [-0.39, 0.29) is 24.0 Å². The molecule has 1 N–H and O–H groups in total. The fourth-order valence-electron chi connectivity index (χ4n) is 2.92. The Morgan fingerprint density at radius 3 is 2.67 bits per heavy atom. The van der Waals surface area contributed by atoms with Crippen molar-refractivity contribution in [2.75, 3.05) is 18.1 Å². The molecule has 3 rings (SSSR count). The molecule has 1 fully saturated rings. The van der Waals surface area contributed by atoms with Crippen LogP contribution in [0, 0.1) is 0 Å². The normalized spacial score (nSPS) is 22.4. The monoisotopic (exact) mass is 411 g/mol. The van der Waals surface area contributed by atoms with Crippen LogP contribution in [-0.4, -0.2) is 38.0 Å². The second-order valence-electron chi connectivity index (χ2n) is 6.39. The van der Waals surface area contributed by atoms with Crippen molar-refractivity contribution in [3.05, 3.63) is 40.9 Å². The van der Waals surface area contributed by atoms with E-state index < -0.39 is 15.4 Å². The Bertz CT molecular complexity index is 897. The highest BCUT2D eigenvalue weighted by atomic mass is 79.9. The summed E-state index contributed by atoms with van der Waals surface area (Å²) in [6.07, 6.45) is 0.436. The van der Waals surface area contributed by atoms with Gasteiger partial charge in [-0.05, 0) is 48.4 Å². The number of benzene rings is 2. The molecule has 1 atom stereocenters. The molecule has 1 aliphatic heterocycles. The molecule has 2 aromatic rings. The molecule has 0 aromatic heterocycles. The predicted octanol–water partition coefficient (Wildman–Crippen LogP) is 2.67. The highest BCUT2D eigenvalue weighted by Crippen LogP contribution is 2.25. The molecule has 1 saturated heterocycles. The minimum absolute atomic E-state index is 0.0173. The molecule has 0 radical (unpaired) electrons. The number of carbonyl (C=O) groups is 1. The molecule has 0 saturated carbocycles. The molecule has 1 unspecified atom stereocenters. The Morgan fingerprint density at radius 2 is 1.96 bits per heavy atom. The number of amides is 1. The minimum Gasteiger partial charge on any atom is -0.484 e. The van der Waals surface area contributed by atoms with Crippen molar-refractivity contribution in [1.82, 2.24) is 5.32 Å². The summed E-state index contributed by atoms with van der Waals surface area (Å²) in [5.41, 5.74) is -0.699. The fourth-order valence-corrected chi connectivity index (χ4v) is 5.39. The van der Waals surface area contributed by atoms with Gasteiger partial charge in [-0.1, -0.05) is 28.1 Å². The van der Waals surface area contributed by atoms with Crippen molar-refractivity contribution in [3.63, 3.8) is 0 Å². The van der Waals surface area contributed by atoms with Crippen molar-refractivity contribution >= 4 is 42.4 Å². The summed E-state index contributed by atoms with van der Waals surface area (Å²) in [6.45, 7) is 1.61.